The lowest BCUT2D eigenvalue weighted by molar-refractivity contribution is -0.384. The van der Waals surface area contributed by atoms with Crippen LogP contribution in [0, 0.1) is 10.1 Å². The lowest BCUT2D eigenvalue weighted by Crippen LogP contribution is -2.24. The summed E-state index contributed by atoms with van der Waals surface area (Å²) in [4.78, 5) is 12.8. The number of hydrogen-bond acceptors (Lipinski definition) is 4. The third-order valence-electron chi connectivity index (χ3n) is 2.75. The smallest absolute Gasteiger partial charge is 0.273 e. The molecule has 0 amide bonds. The van der Waals surface area contributed by atoms with E-state index >= 15 is 0 Å². The van der Waals surface area contributed by atoms with Crippen molar-refractivity contribution < 1.29 is 4.92 Å². The Morgan fingerprint density at radius 1 is 1.22 bits per heavy atom. The molecule has 0 aromatic heterocycles. The molecule has 1 rings (SSSR count). The fraction of sp³-hybridized carbons (Fsp3) is 0.538. The molecule has 5 nitrogen and oxygen atoms in total. The molecular weight excluding hydrogens is 230 g/mol. The maximum atomic E-state index is 10.9. The van der Waals surface area contributed by atoms with Crippen LogP contribution < -0.4 is 10.2 Å². The van der Waals surface area contributed by atoms with Gasteiger partial charge < -0.3 is 10.2 Å². The predicted octanol–water partition coefficient (Wildman–Crippen LogP) is 3.26. The minimum absolute atomic E-state index is 0.133. The van der Waals surface area contributed by atoms with Gasteiger partial charge in [0.25, 0.3) is 5.69 Å². The summed E-state index contributed by atoms with van der Waals surface area (Å²) in [5, 5.41) is 13.9. The van der Waals surface area contributed by atoms with Gasteiger partial charge in [-0.05, 0) is 18.9 Å². The zero-order valence-corrected chi connectivity index (χ0v) is 11.3. The van der Waals surface area contributed by atoms with Crippen molar-refractivity contribution in [1.82, 2.24) is 0 Å². The average molecular weight is 251 g/mol. The SMILES string of the molecule is CCCN(CCC)c1cc(NC)cc([N+](=O)[O-])c1. The normalized spacial score (nSPS) is 10.2. The molecule has 0 fully saturated rings. The number of non-ortho nitro benzene ring substituents is 1. The van der Waals surface area contributed by atoms with Crippen molar-refractivity contribution in [3.05, 3.63) is 28.3 Å². The highest BCUT2D eigenvalue weighted by atomic mass is 16.6. The molecule has 5 heteroatoms. The number of nitro groups is 1. The molecule has 18 heavy (non-hydrogen) atoms. The van der Waals surface area contributed by atoms with Crippen LogP contribution in [0.15, 0.2) is 18.2 Å². The van der Waals surface area contributed by atoms with Crippen molar-refractivity contribution in [3.8, 4) is 0 Å². The summed E-state index contributed by atoms with van der Waals surface area (Å²) in [7, 11) is 1.77. The van der Waals surface area contributed by atoms with E-state index in [2.05, 4.69) is 24.1 Å². The molecule has 1 aromatic rings. The number of anilines is 2. The van der Waals surface area contributed by atoms with E-state index in [0.29, 0.717) is 0 Å². The van der Waals surface area contributed by atoms with Gasteiger partial charge in [0.15, 0.2) is 0 Å². The average Bonchev–Trinajstić information content (AvgIpc) is 2.37. The van der Waals surface area contributed by atoms with Crippen molar-refractivity contribution in [2.24, 2.45) is 0 Å². The third-order valence-corrected chi connectivity index (χ3v) is 2.75. The highest BCUT2D eigenvalue weighted by Crippen LogP contribution is 2.27. The van der Waals surface area contributed by atoms with Gasteiger partial charge in [0, 0.05) is 43.6 Å². The van der Waals surface area contributed by atoms with Gasteiger partial charge in [0.05, 0.1) is 4.92 Å². The van der Waals surface area contributed by atoms with E-state index in [9.17, 15) is 10.1 Å². The quantitative estimate of drug-likeness (QED) is 0.597. The van der Waals surface area contributed by atoms with E-state index in [1.807, 2.05) is 6.07 Å². The molecule has 1 N–H and O–H groups in total. The predicted molar refractivity (Wildman–Crippen MR) is 75.4 cm³/mol. The van der Waals surface area contributed by atoms with Gasteiger partial charge in [0.2, 0.25) is 0 Å². The number of nitrogens with one attached hydrogen (secondary N) is 1. The lowest BCUT2D eigenvalue weighted by atomic mass is 10.2. The fourth-order valence-electron chi connectivity index (χ4n) is 1.94. The summed E-state index contributed by atoms with van der Waals surface area (Å²) in [5.74, 6) is 0. The summed E-state index contributed by atoms with van der Waals surface area (Å²) in [6, 6.07) is 5.16. The standard InChI is InChI=1S/C13H21N3O2/c1-4-6-15(7-5-2)12-8-11(14-3)9-13(10-12)16(17)18/h8-10,14H,4-7H2,1-3H3. The molecule has 0 saturated heterocycles. The number of hydrogen-bond donors (Lipinski definition) is 1. The molecule has 0 aliphatic rings. The second-order valence-electron chi connectivity index (χ2n) is 4.23. The first-order valence-corrected chi connectivity index (χ1v) is 6.34. The van der Waals surface area contributed by atoms with Gasteiger partial charge in [-0.3, -0.25) is 10.1 Å². The lowest BCUT2D eigenvalue weighted by Gasteiger charge is -2.24. The van der Waals surface area contributed by atoms with Crippen molar-refractivity contribution in [2.75, 3.05) is 30.4 Å². The molecule has 0 unspecified atom stereocenters. The van der Waals surface area contributed by atoms with Crippen LogP contribution in [-0.2, 0) is 0 Å². The number of nitro benzene ring substituents is 1. The Bertz CT molecular complexity index is 401. The molecule has 0 saturated carbocycles. The highest BCUT2D eigenvalue weighted by Gasteiger charge is 2.13. The number of nitrogens with zero attached hydrogens (tertiary/aromatic N) is 2. The first kappa shape index (κ1) is 14.3. The zero-order chi connectivity index (χ0) is 13.5. The van der Waals surface area contributed by atoms with Gasteiger partial charge in [-0.15, -0.1) is 0 Å². The van der Waals surface area contributed by atoms with Gasteiger partial charge in [-0.1, -0.05) is 13.8 Å². The Balaban J connectivity index is 3.11. The highest BCUT2D eigenvalue weighted by molar-refractivity contribution is 5.64. The Labute approximate surface area is 108 Å². The van der Waals surface area contributed by atoms with Gasteiger partial charge in [0.1, 0.15) is 0 Å². The molecule has 0 spiro atoms. The van der Waals surface area contributed by atoms with Gasteiger partial charge >= 0.3 is 0 Å². The number of benzene rings is 1. The van der Waals surface area contributed by atoms with Crippen LogP contribution in [0.5, 0.6) is 0 Å². The zero-order valence-electron chi connectivity index (χ0n) is 11.3. The van der Waals surface area contributed by atoms with Crippen LogP contribution in [0.1, 0.15) is 26.7 Å². The van der Waals surface area contributed by atoms with E-state index in [-0.39, 0.29) is 10.6 Å². The molecule has 1 aromatic carbocycles. The van der Waals surface area contributed by atoms with E-state index in [1.165, 1.54) is 0 Å². The maximum absolute atomic E-state index is 10.9. The van der Waals surface area contributed by atoms with E-state index in [4.69, 9.17) is 0 Å². The topological polar surface area (TPSA) is 58.4 Å². The molecule has 0 atom stereocenters. The minimum Gasteiger partial charge on any atom is -0.388 e. The van der Waals surface area contributed by atoms with E-state index < -0.39 is 0 Å². The molecule has 0 heterocycles. The van der Waals surface area contributed by atoms with Crippen LogP contribution in [0.4, 0.5) is 17.1 Å². The molecule has 0 bridgehead atoms. The molecule has 0 aliphatic heterocycles. The third kappa shape index (κ3) is 3.61. The Morgan fingerprint density at radius 3 is 2.28 bits per heavy atom. The number of rotatable bonds is 7. The van der Waals surface area contributed by atoms with Gasteiger partial charge in [-0.2, -0.15) is 0 Å². The Hall–Kier alpha value is -1.78. The van der Waals surface area contributed by atoms with Crippen LogP contribution in [0.3, 0.4) is 0 Å². The summed E-state index contributed by atoms with van der Waals surface area (Å²) >= 11 is 0. The maximum Gasteiger partial charge on any atom is 0.273 e. The molecule has 100 valence electrons. The van der Waals surface area contributed by atoms with Crippen LogP contribution in [-0.4, -0.2) is 25.1 Å². The Morgan fingerprint density at radius 2 is 1.83 bits per heavy atom. The minimum atomic E-state index is -0.347. The first-order valence-electron chi connectivity index (χ1n) is 6.34. The largest absolute Gasteiger partial charge is 0.388 e. The van der Waals surface area contributed by atoms with Crippen LogP contribution in [0.25, 0.3) is 0 Å². The van der Waals surface area contributed by atoms with Crippen LogP contribution >= 0.6 is 0 Å². The summed E-state index contributed by atoms with van der Waals surface area (Å²) in [6.07, 6.45) is 2.05. The van der Waals surface area contributed by atoms with Gasteiger partial charge in [-0.25, -0.2) is 0 Å². The molecule has 0 radical (unpaired) electrons. The molecule has 0 aliphatic carbocycles. The first-order chi connectivity index (χ1) is 8.62. The molecular formula is C13H21N3O2. The second kappa shape index (κ2) is 6.83. The van der Waals surface area contributed by atoms with E-state index in [1.54, 1.807) is 19.2 Å². The van der Waals surface area contributed by atoms with Crippen molar-refractivity contribution in [3.63, 3.8) is 0 Å². The summed E-state index contributed by atoms with van der Waals surface area (Å²) in [6.45, 7) is 6.05. The summed E-state index contributed by atoms with van der Waals surface area (Å²) < 4.78 is 0. The van der Waals surface area contributed by atoms with Crippen molar-refractivity contribution in [1.29, 1.82) is 0 Å². The second-order valence-corrected chi connectivity index (χ2v) is 4.23. The van der Waals surface area contributed by atoms with Crippen LogP contribution in [0.2, 0.25) is 0 Å². The summed E-state index contributed by atoms with van der Waals surface area (Å²) in [5.41, 5.74) is 1.82. The van der Waals surface area contributed by atoms with Crippen molar-refractivity contribution in [2.45, 2.75) is 26.7 Å². The fourth-order valence-corrected chi connectivity index (χ4v) is 1.94. The van der Waals surface area contributed by atoms with Crippen molar-refractivity contribution >= 4 is 17.1 Å². The Kier molecular flexibility index (Phi) is 5.42. The van der Waals surface area contributed by atoms with E-state index in [0.717, 1.165) is 37.3 Å². The monoisotopic (exact) mass is 251 g/mol.